The van der Waals surface area contributed by atoms with Crippen molar-refractivity contribution in [1.82, 2.24) is 4.98 Å². The number of ether oxygens (including phenoxy) is 1. The summed E-state index contributed by atoms with van der Waals surface area (Å²) in [6, 6.07) is 0.694. The molecule has 1 heterocycles. The molecule has 2 rings (SSSR count). The predicted octanol–water partition coefficient (Wildman–Crippen LogP) is 4.11. The summed E-state index contributed by atoms with van der Waals surface area (Å²) in [5, 5.41) is -0.0987. The van der Waals surface area contributed by atoms with E-state index in [-0.39, 0.29) is 32.6 Å². The van der Waals surface area contributed by atoms with Gasteiger partial charge in [0.05, 0.1) is 21.7 Å². The summed E-state index contributed by atoms with van der Waals surface area (Å²) in [4.78, 5) is 15.4. The normalized spacial score (nSPS) is 10.8. The number of hydrogen-bond donors (Lipinski definition) is 0. The van der Waals surface area contributed by atoms with Crippen molar-refractivity contribution in [1.29, 1.82) is 0 Å². The van der Waals surface area contributed by atoms with Crippen LogP contribution in [0.2, 0.25) is 5.02 Å². The lowest BCUT2D eigenvalue weighted by molar-refractivity contribution is 0.0526. The van der Waals surface area contributed by atoms with E-state index >= 15 is 0 Å². The molecule has 2 aromatic rings. The number of aromatic nitrogens is 1. The first-order valence-electron chi connectivity index (χ1n) is 5.26. The molecule has 0 fully saturated rings. The van der Waals surface area contributed by atoms with Crippen molar-refractivity contribution in [3.63, 3.8) is 0 Å². The third-order valence-corrected chi connectivity index (χ3v) is 3.59. The topological polar surface area (TPSA) is 39.2 Å². The van der Waals surface area contributed by atoms with E-state index in [2.05, 4.69) is 20.9 Å². The zero-order valence-corrected chi connectivity index (χ0v) is 12.0. The van der Waals surface area contributed by atoms with Gasteiger partial charge in [0.1, 0.15) is 11.3 Å². The summed E-state index contributed by atoms with van der Waals surface area (Å²) >= 11 is 8.99. The van der Waals surface area contributed by atoms with E-state index in [0.717, 1.165) is 6.20 Å². The summed E-state index contributed by atoms with van der Waals surface area (Å²) in [6.45, 7) is 1.79. The zero-order valence-electron chi connectivity index (χ0n) is 9.64. The second-order valence-electron chi connectivity index (χ2n) is 3.58. The van der Waals surface area contributed by atoms with Crippen molar-refractivity contribution in [2.24, 2.45) is 0 Å². The maximum atomic E-state index is 13.6. The molecular formula is C12H7BrClF2NO2. The van der Waals surface area contributed by atoms with Crippen molar-refractivity contribution >= 4 is 44.4 Å². The number of halogens is 4. The molecule has 0 amide bonds. The van der Waals surface area contributed by atoms with Crippen LogP contribution in [0, 0.1) is 11.6 Å². The number of pyridine rings is 1. The highest BCUT2D eigenvalue weighted by atomic mass is 79.9. The molecule has 0 N–H and O–H groups in total. The maximum Gasteiger partial charge on any atom is 0.341 e. The molecule has 0 aliphatic heterocycles. The molecule has 0 unspecified atom stereocenters. The number of nitrogens with zero attached hydrogens (tertiary/aromatic N) is 1. The summed E-state index contributed by atoms with van der Waals surface area (Å²) in [5.74, 6) is -2.37. The molecular weight excluding hydrogens is 343 g/mol. The van der Waals surface area contributed by atoms with Crippen molar-refractivity contribution in [2.75, 3.05) is 6.61 Å². The minimum Gasteiger partial charge on any atom is -0.462 e. The Bertz CT molecular complexity index is 679. The Kier molecular flexibility index (Phi) is 4.01. The Morgan fingerprint density at radius 3 is 2.79 bits per heavy atom. The van der Waals surface area contributed by atoms with Gasteiger partial charge >= 0.3 is 5.97 Å². The molecule has 0 spiro atoms. The number of carbonyl (C=O) groups is 1. The van der Waals surface area contributed by atoms with Gasteiger partial charge in [0, 0.05) is 17.6 Å². The molecule has 19 heavy (non-hydrogen) atoms. The molecule has 3 nitrogen and oxygen atoms in total. The van der Waals surface area contributed by atoms with Gasteiger partial charge in [-0.1, -0.05) is 11.6 Å². The number of rotatable bonds is 2. The summed E-state index contributed by atoms with van der Waals surface area (Å²) in [5.41, 5.74) is -0.159. The van der Waals surface area contributed by atoms with Crippen LogP contribution in [0.25, 0.3) is 10.9 Å². The Balaban J connectivity index is 2.77. The average Bonchev–Trinajstić information content (AvgIpc) is 2.36. The largest absolute Gasteiger partial charge is 0.462 e. The minimum atomic E-state index is -0.854. The van der Waals surface area contributed by atoms with Crippen molar-refractivity contribution < 1.29 is 18.3 Å². The zero-order chi connectivity index (χ0) is 14.2. The van der Waals surface area contributed by atoms with Crippen LogP contribution in [0.3, 0.4) is 0 Å². The van der Waals surface area contributed by atoms with Crippen LogP contribution in [0.5, 0.6) is 0 Å². The molecule has 0 saturated heterocycles. The second kappa shape index (κ2) is 5.38. The van der Waals surface area contributed by atoms with E-state index in [9.17, 15) is 13.6 Å². The Hall–Kier alpha value is -1.27. The average molecular weight is 351 g/mol. The molecule has 1 aromatic carbocycles. The van der Waals surface area contributed by atoms with E-state index in [0.29, 0.717) is 6.07 Å². The summed E-state index contributed by atoms with van der Waals surface area (Å²) in [6.07, 6.45) is 1.11. The predicted molar refractivity (Wildman–Crippen MR) is 70.3 cm³/mol. The van der Waals surface area contributed by atoms with Crippen molar-refractivity contribution in [3.8, 4) is 0 Å². The lowest BCUT2D eigenvalue weighted by Crippen LogP contribution is -2.07. The fraction of sp³-hybridized carbons (Fsp3) is 0.167. The van der Waals surface area contributed by atoms with E-state index in [1.165, 1.54) is 0 Å². The second-order valence-corrected chi connectivity index (χ2v) is 4.76. The maximum absolute atomic E-state index is 13.6. The quantitative estimate of drug-likeness (QED) is 0.604. The molecule has 1 aromatic heterocycles. The Labute approximate surface area is 120 Å². The molecule has 100 valence electrons. The molecule has 7 heteroatoms. The van der Waals surface area contributed by atoms with Crippen LogP contribution in [0.4, 0.5) is 8.78 Å². The molecule has 0 saturated carbocycles. The van der Waals surface area contributed by atoms with Crippen LogP contribution < -0.4 is 0 Å². The number of hydrogen-bond acceptors (Lipinski definition) is 3. The van der Waals surface area contributed by atoms with Crippen LogP contribution >= 0.6 is 27.5 Å². The summed E-state index contributed by atoms with van der Waals surface area (Å²) < 4.78 is 31.8. The van der Waals surface area contributed by atoms with Crippen LogP contribution in [0.1, 0.15) is 17.3 Å². The molecule has 0 radical (unpaired) electrons. The molecule has 0 aliphatic rings. The first-order chi connectivity index (χ1) is 8.97. The molecule has 0 aliphatic carbocycles. The third-order valence-electron chi connectivity index (χ3n) is 2.42. The number of benzene rings is 1. The van der Waals surface area contributed by atoms with E-state index in [4.69, 9.17) is 16.3 Å². The Morgan fingerprint density at radius 2 is 2.16 bits per heavy atom. The Morgan fingerprint density at radius 1 is 1.47 bits per heavy atom. The minimum absolute atomic E-state index is 0.00437. The fourth-order valence-electron chi connectivity index (χ4n) is 1.58. The van der Waals surface area contributed by atoms with Gasteiger partial charge in [0.25, 0.3) is 0 Å². The monoisotopic (exact) mass is 349 g/mol. The lowest BCUT2D eigenvalue weighted by Gasteiger charge is -2.09. The van der Waals surface area contributed by atoms with E-state index < -0.39 is 17.6 Å². The fourth-order valence-corrected chi connectivity index (χ4v) is 2.51. The highest BCUT2D eigenvalue weighted by Crippen LogP contribution is 2.35. The first kappa shape index (κ1) is 14.1. The van der Waals surface area contributed by atoms with Crippen molar-refractivity contribution in [3.05, 3.63) is 39.0 Å². The van der Waals surface area contributed by atoms with Gasteiger partial charge in [-0.3, -0.25) is 4.98 Å². The SMILES string of the molecule is CCOC(=O)c1cnc2c(F)cc(F)c(Br)c2c1Cl. The number of fused-ring (bicyclic) bond motifs is 1. The van der Waals surface area contributed by atoms with Crippen LogP contribution in [-0.4, -0.2) is 17.6 Å². The van der Waals surface area contributed by atoms with Gasteiger partial charge in [-0.05, 0) is 22.9 Å². The molecule has 0 bridgehead atoms. The summed E-state index contributed by atoms with van der Waals surface area (Å²) in [7, 11) is 0. The van der Waals surface area contributed by atoms with Gasteiger partial charge in [0.15, 0.2) is 5.82 Å². The standard InChI is InChI=1S/C12H7BrClF2NO2/c1-2-19-12(18)5-4-17-11-7(16)3-6(15)9(13)8(11)10(5)14/h3-4H,2H2,1H3. The number of esters is 1. The van der Waals surface area contributed by atoms with Gasteiger partial charge in [-0.15, -0.1) is 0 Å². The van der Waals surface area contributed by atoms with E-state index in [1.54, 1.807) is 6.92 Å². The van der Waals surface area contributed by atoms with Gasteiger partial charge in [-0.2, -0.15) is 0 Å². The first-order valence-corrected chi connectivity index (χ1v) is 6.43. The van der Waals surface area contributed by atoms with E-state index in [1.807, 2.05) is 0 Å². The lowest BCUT2D eigenvalue weighted by atomic mass is 10.1. The van der Waals surface area contributed by atoms with Gasteiger partial charge < -0.3 is 4.74 Å². The third kappa shape index (κ3) is 2.42. The van der Waals surface area contributed by atoms with Crippen LogP contribution in [0.15, 0.2) is 16.7 Å². The molecule has 0 atom stereocenters. The van der Waals surface area contributed by atoms with Gasteiger partial charge in [0.2, 0.25) is 0 Å². The van der Waals surface area contributed by atoms with Crippen molar-refractivity contribution in [2.45, 2.75) is 6.92 Å². The number of carbonyl (C=O) groups excluding carboxylic acids is 1. The van der Waals surface area contributed by atoms with Gasteiger partial charge in [-0.25, -0.2) is 13.6 Å². The van der Waals surface area contributed by atoms with Crippen LogP contribution in [-0.2, 0) is 4.74 Å². The highest BCUT2D eigenvalue weighted by Gasteiger charge is 2.20. The smallest absolute Gasteiger partial charge is 0.341 e. The highest BCUT2D eigenvalue weighted by molar-refractivity contribution is 9.10.